The van der Waals surface area contributed by atoms with E-state index in [1.54, 1.807) is 9.36 Å². The Labute approximate surface area is 117 Å². The maximum Gasteiger partial charge on any atom is 0.101 e. The minimum atomic E-state index is -0.634. The second kappa shape index (κ2) is 5.35. The molecule has 0 aliphatic carbocycles. The number of aliphatic hydroxyl groups is 1. The molecule has 19 heavy (non-hydrogen) atoms. The van der Waals surface area contributed by atoms with Crippen LogP contribution in [0.4, 0.5) is 0 Å². The first-order valence-corrected chi connectivity index (χ1v) is 6.70. The molecule has 104 valence electrons. The van der Waals surface area contributed by atoms with Gasteiger partial charge in [0.15, 0.2) is 0 Å². The van der Waals surface area contributed by atoms with Gasteiger partial charge in [-0.25, -0.2) is 0 Å². The van der Waals surface area contributed by atoms with Crippen LogP contribution in [0.2, 0.25) is 5.02 Å². The normalized spacial score (nSPS) is 12.9. The molecule has 1 atom stereocenters. The number of aromatic nitrogens is 4. The van der Waals surface area contributed by atoms with Crippen LogP contribution in [0.1, 0.15) is 35.8 Å². The van der Waals surface area contributed by atoms with E-state index in [9.17, 15) is 5.11 Å². The molecule has 1 N–H and O–H groups in total. The minimum Gasteiger partial charge on any atom is -0.386 e. The number of rotatable bonds is 4. The van der Waals surface area contributed by atoms with E-state index < -0.39 is 6.10 Å². The van der Waals surface area contributed by atoms with E-state index in [1.807, 2.05) is 34.0 Å². The summed E-state index contributed by atoms with van der Waals surface area (Å²) in [5, 5.41) is 19.6. The third-order valence-corrected chi connectivity index (χ3v) is 3.81. The van der Waals surface area contributed by atoms with Gasteiger partial charge in [0.2, 0.25) is 0 Å². The summed E-state index contributed by atoms with van der Waals surface area (Å²) in [6.45, 7) is 3.90. The van der Waals surface area contributed by atoms with E-state index in [1.165, 1.54) is 0 Å². The fourth-order valence-corrected chi connectivity index (χ4v) is 2.45. The summed E-state index contributed by atoms with van der Waals surface area (Å²) >= 11 is 6.20. The van der Waals surface area contributed by atoms with Crippen LogP contribution in [0.15, 0.2) is 6.07 Å². The van der Waals surface area contributed by atoms with Crippen molar-refractivity contribution in [2.75, 3.05) is 0 Å². The van der Waals surface area contributed by atoms with Crippen LogP contribution in [0.25, 0.3) is 0 Å². The van der Waals surface area contributed by atoms with Crippen LogP contribution in [0.5, 0.6) is 0 Å². The predicted octanol–water partition coefficient (Wildman–Crippen LogP) is 1.95. The van der Waals surface area contributed by atoms with Gasteiger partial charge in [-0.15, -0.1) is 0 Å². The summed E-state index contributed by atoms with van der Waals surface area (Å²) < 4.78 is 3.44. The van der Waals surface area contributed by atoms with E-state index >= 15 is 0 Å². The Morgan fingerprint density at radius 2 is 2.00 bits per heavy atom. The van der Waals surface area contributed by atoms with Crippen molar-refractivity contribution in [3.05, 3.63) is 33.9 Å². The fourth-order valence-electron chi connectivity index (χ4n) is 2.22. The molecule has 0 aliphatic rings. The molecule has 0 fully saturated rings. The molecule has 2 rings (SSSR count). The first-order chi connectivity index (χ1) is 8.93. The molecule has 2 aromatic rings. The van der Waals surface area contributed by atoms with Gasteiger partial charge in [-0.1, -0.05) is 18.5 Å². The summed E-state index contributed by atoms with van der Waals surface area (Å²) in [5.41, 5.74) is 3.40. The van der Waals surface area contributed by atoms with Crippen LogP contribution in [0, 0.1) is 6.92 Å². The second-order valence-corrected chi connectivity index (χ2v) is 5.11. The third kappa shape index (κ3) is 2.67. The van der Waals surface area contributed by atoms with Crippen molar-refractivity contribution >= 4 is 11.6 Å². The number of aryl methyl sites for hydroxylation is 4. The van der Waals surface area contributed by atoms with Crippen LogP contribution in [-0.2, 0) is 26.9 Å². The van der Waals surface area contributed by atoms with E-state index in [-0.39, 0.29) is 0 Å². The Morgan fingerprint density at radius 3 is 2.47 bits per heavy atom. The number of hydrogen-bond acceptors (Lipinski definition) is 3. The first kappa shape index (κ1) is 14.1. The lowest BCUT2D eigenvalue weighted by Gasteiger charge is -2.11. The molecule has 0 saturated carbocycles. The Kier molecular flexibility index (Phi) is 3.96. The quantitative estimate of drug-likeness (QED) is 0.933. The van der Waals surface area contributed by atoms with Crippen LogP contribution in [-0.4, -0.2) is 24.7 Å². The lowest BCUT2D eigenvalue weighted by molar-refractivity contribution is 0.166. The van der Waals surface area contributed by atoms with Gasteiger partial charge in [0.05, 0.1) is 27.8 Å². The SMILES string of the molecule is CCc1cc(C(O)Cc2c(Cl)c(C)nn2C)n(C)n1. The Balaban J connectivity index is 2.25. The predicted molar refractivity (Wildman–Crippen MR) is 74.2 cm³/mol. The zero-order valence-corrected chi connectivity index (χ0v) is 12.4. The summed E-state index contributed by atoms with van der Waals surface area (Å²) in [5.74, 6) is 0. The van der Waals surface area contributed by atoms with Crippen molar-refractivity contribution in [3.63, 3.8) is 0 Å². The molecule has 0 aromatic carbocycles. The lowest BCUT2D eigenvalue weighted by Crippen LogP contribution is -2.10. The number of hydrogen-bond donors (Lipinski definition) is 1. The highest BCUT2D eigenvalue weighted by Gasteiger charge is 2.19. The molecule has 0 radical (unpaired) electrons. The molecule has 0 saturated heterocycles. The molecule has 0 spiro atoms. The van der Waals surface area contributed by atoms with Crippen LogP contribution >= 0.6 is 11.6 Å². The zero-order valence-electron chi connectivity index (χ0n) is 11.7. The van der Waals surface area contributed by atoms with Gasteiger partial charge in [0, 0.05) is 20.5 Å². The largest absolute Gasteiger partial charge is 0.386 e. The van der Waals surface area contributed by atoms with Crippen molar-refractivity contribution < 1.29 is 5.11 Å². The molecular weight excluding hydrogens is 264 g/mol. The first-order valence-electron chi connectivity index (χ1n) is 6.32. The van der Waals surface area contributed by atoms with Crippen molar-refractivity contribution in [1.82, 2.24) is 19.6 Å². The van der Waals surface area contributed by atoms with Crippen molar-refractivity contribution in [1.29, 1.82) is 0 Å². The molecule has 0 amide bonds. The van der Waals surface area contributed by atoms with E-state index in [4.69, 9.17) is 11.6 Å². The van der Waals surface area contributed by atoms with Crippen molar-refractivity contribution in [2.24, 2.45) is 14.1 Å². The van der Waals surface area contributed by atoms with Gasteiger partial charge < -0.3 is 5.11 Å². The summed E-state index contributed by atoms with van der Waals surface area (Å²) in [6, 6.07) is 1.93. The molecule has 1 unspecified atom stereocenters. The topological polar surface area (TPSA) is 55.9 Å². The van der Waals surface area contributed by atoms with Gasteiger partial charge in [-0.2, -0.15) is 10.2 Å². The summed E-state index contributed by atoms with van der Waals surface area (Å²) in [6.07, 6.45) is 0.649. The highest BCUT2D eigenvalue weighted by atomic mass is 35.5. The maximum atomic E-state index is 10.4. The van der Waals surface area contributed by atoms with Gasteiger partial charge in [0.1, 0.15) is 6.10 Å². The van der Waals surface area contributed by atoms with E-state index in [0.29, 0.717) is 11.4 Å². The molecule has 2 heterocycles. The lowest BCUT2D eigenvalue weighted by atomic mass is 10.1. The number of halogens is 1. The highest BCUT2D eigenvalue weighted by Crippen LogP contribution is 2.25. The van der Waals surface area contributed by atoms with Gasteiger partial charge >= 0.3 is 0 Å². The summed E-state index contributed by atoms with van der Waals surface area (Å²) in [7, 11) is 3.68. The Morgan fingerprint density at radius 1 is 1.32 bits per heavy atom. The smallest absolute Gasteiger partial charge is 0.101 e. The molecule has 5 nitrogen and oxygen atoms in total. The fraction of sp³-hybridized carbons (Fsp3) is 0.538. The zero-order chi connectivity index (χ0) is 14.2. The molecule has 6 heteroatoms. The molecular formula is C13H19ClN4O. The molecule has 2 aromatic heterocycles. The average molecular weight is 283 g/mol. The summed E-state index contributed by atoms with van der Waals surface area (Å²) in [4.78, 5) is 0. The van der Waals surface area contributed by atoms with Gasteiger partial charge in [0.25, 0.3) is 0 Å². The van der Waals surface area contributed by atoms with Crippen molar-refractivity contribution in [2.45, 2.75) is 32.8 Å². The average Bonchev–Trinajstić information content (AvgIpc) is 2.85. The third-order valence-electron chi connectivity index (χ3n) is 3.32. The number of aliphatic hydroxyl groups excluding tert-OH is 1. The van der Waals surface area contributed by atoms with Gasteiger partial charge in [-0.05, 0) is 19.4 Å². The Hall–Kier alpha value is -1.33. The molecule has 0 bridgehead atoms. The van der Waals surface area contributed by atoms with Crippen LogP contribution in [0.3, 0.4) is 0 Å². The Bertz CT molecular complexity index is 588. The van der Waals surface area contributed by atoms with E-state index in [2.05, 4.69) is 10.2 Å². The standard InChI is InChI=1S/C13H19ClN4O/c1-5-9-6-10(17(3)16-9)12(19)7-11-13(14)8(2)15-18(11)4/h6,12,19H,5,7H2,1-4H3. The van der Waals surface area contributed by atoms with Crippen molar-refractivity contribution in [3.8, 4) is 0 Å². The van der Waals surface area contributed by atoms with Crippen LogP contribution < -0.4 is 0 Å². The van der Waals surface area contributed by atoms with Gasteiger partial charge in [-0.3, -0.25) is 9.36 Å². The minimum absolute atomic E-state index is 0.429. The van der Waals surface area contributed by atoms with E-state index in [0.717, 1.165) is 29.2 Å². The number of nitrogens with zero attached hydrogens (tertiary/aromatic N) is 4. The molecule has 0 aliphatic heterocycles. The highest BCUT2D eigenvalue weighted by molar-refractivity contribution is 6.31. The second-order valence-electron chi connectivity index (χ2n) is 4.73. The maximum absolute atomic E-state index is 10.4. The monoisotopic (exact) mass is 282 g/mol.